The minimum absolute atomic E-state index is 0.0168. The highest BCUT2D eigenvalue weighted by Crippen LogP contribution is 2.33. The van der Waals surface area contributed by atoms with E-state index in [2.05, 4.69) is 0 Å². The Morgan fingerprint density at radius 1 is 1.35 bits per heavy atom. The molecule has 0 bridgehead atoms. The van der Waals surface area contributed by atoms with Crippen LogP contribution in [0.25, 0.3) is 0 Å². The van der Waals surface area contributed by atoms with E-state index in [4.69, 9.17) is 5.73 Å². The van der Waals surface area contributed by atoms with E-state index in [-0.39, 0.29) is 28.6 Å². The lowest BCUT2D eigenvalue weighted by atomic mass is 10.1. The number of anilines is 1. The summed E-state index contributed by atoms with van der Waals surface area (Å²) in [5, 5.41) is 0. The van der Waals surface area contributed by atoms with Gasteiger partial charge in [0.2, 0.25) is 0 Å². The van der Waals surface area contributed by atoms with Crippen molar-refractivity contribution < 1.29 is 13.2 Å². The number of amides is 1. The molecule has 0 saturated carbocycles. The molecule has 6 heteroatoms. The maximum Gasteiger partial charge on any atom is 0.271 e. The van der Waals surface area contributed by atoms with Crippen LogP contribution in [0, 0.1) is 5.92 Å². The van der Waals surface area contributed by atoms with Crippen LogP contribution >= 0.6 is 0 Å². The molecule has 1 aromatic rings. The van der Waals surface area contributed by atoms with Crippen molar-refractivity contribution in [1.29, 1.82) is 0 Å². The Hall–Kier alpha value is -1.56. The van der Waals surface area contributed by atoms with E-state index in [9.17, 15) is 13.2 Å². The third-order valence-corrected chi connectivity index (χ3v) is 4.39. The lowest BCUT2D eigenvalue weighted by Crippen LogP contribution is -2.33. The fourth-order valence-corrected chi connectivity index (χ4v) is 3.61. The molecule has 1 aliphatic heterocycles. The predicted molar refractivity (Wildman–Crippen MR) is 63.9 cm³/mol. The summed E-state index contributed by atoms with van der Waals surface area (Å²) in [7, 11) is -3.71. The van der Waals surface area contributed by atoms with Crippen LogP contribution in [0.4, 0.5) is 5.69 Å². The van der Waals surface area contributed by atoms with Crippen molar-refractivity contribution in [2.75, 3.05) is 12.3 Å². The van der Waals surface area contributed by atoms with E-state index in [1.807, 2.05) is 13.8 Å². The van der Waals surface area contributed by atoms with Gasteiger partial charge in [-0.15, -0.1) is 0 Å². The van der Waals surface area contributed by atoms with Gasteiger partial charge in [0.05, 0.1) is 5.56 Å². The Kier molecular flexibility index (Phi) is 2.61. The van der Waals surface area contributed by atoms with Crippen molar-refractivity contribution in [3.8, 4) is 0 Å². The van der Waals surface area contributed by atoms with Gasteiger partial charge in [0.25, 0.3) is 15.9 Å². The van der Waals surface area contributed by atoms with Crippen LogP contribution in [0.1, 0.15) is 24.2 Å². The molecule has 2 N–H and O–H groups in total. The van der Waals surface area contributed by atoms with Crippen molar-refractivity contribution in [2.45, 2.75) is 18.7 Å². The number of sulfonamides is 1. The summed E-state index contributed by atoms with van der Waals surface area (Å²) >= 11 is 0. The number of nitrogen functional groups attached to an aromatic ring is 1. The smallest absolute Gasteiger partial charge is 0.271 e. The second kappa shape index (κ2) is 3.73. The van der Waals surface area contributed by atoms with Gasteiger partial charge >= 0.3 is 0 Å². The van der Waals surface area contributed by atoms with Gasteiger partial charge in [0.1, 0.15) is 4.90 Å². The first-order valence-corrected chi connectivity index (χ1v) is 6.75. The van der Waals surface area contributed by atoms with Crippen molar-refractivity contribution in [1.82, 2.24) is 4.31 Å². The fourth-order valence-electron chi connectivity index (χ4n) is 1.86. The summed E-state index contributed by atoms with van der Waals surface area (Å²) in [5.41, 5.74) is 5.98. The van der Waals surface area contributed by atoms with Gasteiger partial charge in [-0.1, -0.05) is 19.9 Å². The molecule has 0 atom stereocenters. The standard InChI is InChI=1S/C11H14N2O3S/c1-7(2)6-13-11(14)10-8(12)4-3-5-9(10)17(13,15)16/h3-5,7H,6,12H2,1-2H3. The molecule has 0 aromatic heterocycles. The number of nitrogens with zero attached hydrogens (tertiary/aromatic N) is 1. The van der Waals surface area contributed by atoms with Crippen LogP contribution in [-0.2, 0) is 10.0 Å². The van der Waals surface area contributed by atoms with Crippen molar-refractivity contribution in [3.05, 3.63) is 23.8 Å². The number of carbonyl (C=O) groups excluding carboxylic acids is 1. The molecule has 92 valence electrons. The predicted octanol–water partition coefficient (Wildman–Crippen LogP) is 1.07. The number of fused-ring (bicyclic) bond motifs is 1. The fraction of sp³-hybridized carbons (Fsp3) is 0.364. The molecule has 0 aliphatic carbocycles. The lowest BCUT2D eigenvalue weighted by molar-refractivity contribution is 0.0862. The zero-order valence-electron chi connectivity index (χ0n) is 9.67. The molecule has 17 heavy (non-hydrogen) atoms. The van der Waals surface area contributed by atoms with Crippen molar-refractivity contribution in [2.24, 2.45) is 5.92 Å². The molecule has 0 spiro atoms. The van der Waals surface area contributed by atoms with Gasteiger partial charge in [-0.25, -0.2) is 12.7 Å². The Balaban J connectivity index is 2.61. The van der Waals surface area contributed by atoms with E-state index in [1.54, 1.807) is 0 Å². The molecule has 0 unspecified atom stereocenters. The summed E-state index contributed by atoms with van der Waals surface area (Å²) < 4.78 is 25.2. The molecule has 0 radical (unpaired) electrons. The molecular formula is C11H14N2O3S. The van der Waals surface area contributed by atoms with Crippen LogP contribution in [0.15, 0.2) is 23.1 Å². The third-order valence-electron chi connectivity index (χ3n) is 2.60. The van der Waals surface area contributed by atoms with Gasteiger partial charge in [-0.2, -0.15) is 0 Å². The van der Waals surface area contributed by atoms with Gasteiger partial charge in [-0.05, 0) is 18.1 Å². The largest absolute Gasteiger partial charge is 0.398 e. The van der Waals surface area contributed by atoms with Crippen LogP contribution in [-0.4, -0.2) is 25.2 Å². The molecule has 1 aromatic carbocycles. The van der Waals surface area contributed by atoms with Crippen LogP contribution < -0.4 is 5.73 Å². The number of rotatable bonds is 2. The summed E-state index contributed by atoms with van der Waals surface area (Å²) in [6.45, 7) is 3.89. The summed E-state index contributed by atoms with van der Waals surface area (Å²) in [5.74, 6) is -0.448. The first kappa shape index (κ1) is 11.9. The second-order valence-corrected chi connectivity index (χ2v) is 6.29. The minimum atomic E-state index is -3.71. The molecule has 1 heterocycles. The monoisotopic (exact) mass is 254 g/mol. The lowest BCUT2D eigenvalue weighted by Gasteiger charge is -2.16. The zero-order chi connectivity index (χ0) is 12.8. The van der Waals surface area contributed by atoms with Gasteiger partial charge in [0, 0.05) is 12.2 Å². The molecule has 1 aliphatic rings. The average molecular weight is 254 g/mol. The van der Waals surface area contributed by atoms with Gasteiger partial charge in [0.15, 0.2) is 0 Å². The van der Waals surface area contributed by atoms with E-state index >= 15 is 0 Å². The van der Waals surface area contributed by atoms with E-state index < -0.39 is 15.9 Å². The number of hydrogen-bond donors (Lipinski definition) is 1. The third kappa shape index (κ3) is 1.68. The molecular weight excluding hydrogens is 240 g/mol. The first-order valence-electron chi connectivity index (χ1n) is 5.31. The number of carbonyl (C=O) groups is 1. The van der Waals surface area contributed by atoms with E-state index in [1.165, 1.54) is 18.2 Å². The maximum atomic E-state index is 12.1. The Morgan fingerprint density at radius 2 is 2.00 bits per heavy atom. The van der Waals surface area contributed by atoms with E-state index in [0.29, 0.717) is 0 Å². The number of benzene rings is 1. The first-order chi connectivity index (χ1) is 7.85. The quantitative estimate of drug-likeness (QED) is 0.800. The van der Waals surface area contributed by atoms with Gasteiger partial charge in [-0.3, -0.25) is 4.79 Å². The molecule has 2 rings (SSSR count). The molecule has 0 fully saturated rings. The summed E-state index contributed by atoms with van der Waals surface area (Å²) in [6, 6.07) is 4.49. The zero-order valence-corrected chi connectivity index (χ0v) is 10.5. The van der Waals surface area contributed by atoms with Gasteiger partial charge < -0.3 is 5.73 Å². The van der Waals surface area contributed by atoms with Crippen molar-refractivity contribution in [3.63, 3.8) is 0 Å². The topological polar surface area (TPSA) is 80.5 Å². The summed E-state index contributed by atoms with van der Waals surface area (Å²) in [6.07, 6.45) is 0. The van der Waals surface area contributed by atoms with Crippen molar-refractivity contribution >= 4 is 21.6 Å². The Bertz CT molecular complexity index is 578. The highest BCUT2D eigenvalue weighted by atomic mass is 32.2. The number of hydrogen-bond acceptors (Lipinski definition) is 4. The number of nitrogens with two attached hydrogens (primary N) is 1. The SMILES string of the molecule is CC(C)CN1C(=O)c2c(N)cccc2S1(=O)=O. The van der Waals surface area contributed by atoms with Crippen LogP contribution in [0.2, 0.25) is 0 Å². The molecule has 0 saturated heterocycles. The maximum absolute atomic E-state index is 12.1. The minimum Gasteiger partial charge on any atom is -0.398 e. The molecule has 1 amide bonds. The van der Waals surface area contributed by atoms with Crippen LogP contribution in [0.3, 0.4) is 0 Å². The average Bonchev–Trinajstić information content (AvgIpc) is 2.41. The normalized spacial score (nSPS) is 17.6. The highest BCUT2D eigenvalue weighted by molar-refractivity contribution is 7.90. The van der Waals surface area contributed by atoms with E-state index in [0.717, 1.165) is 4.31 Å². The molecule has 5 nitrogen and oxygen atoms in total. The Morgan fingerprint density at radius 3 is 2.53 bits per heavy atom. The second-order valence-electron chi connectivity index (χ2n) is 4.46. The Labute approximate surface area is 100 Å². The summed E-state index contributed by atoms with van der Waals surface area (Å²) in [4.78, 5) is 12.1. The van der Waals surface area contributed by atoms with Crippen LogP contribution in [0.5, 0.6) is 0 Å². The highest BCUT2D eigenvalue weighted by Gasteiger charge is 2.42.